The fourth-order valence-corrected chi connectivity index (χ4v) is 1.59. The van der Waals surface area contributed by atoms with E-state index in [0.29, 0.717) is 6.04 Å². The molecule has 2 nitrogen and oxygen atoms in total. The molecule has 96 valence electrons. The van der Waals surface area contributed by atoms with Gasteiger partial charge in [0.05, 0.1) is 0 Å². The second kappa shape index (κ2) is 9.18. The van der Waals surface area contributed by atoms with Gasteiger partial charge in [0, 0.05) is 29.1 Å². The minimum atomic E-state index is 0. The molecular formula is C12H21BrN2Ni. The zero-order valence-corrected chi connectivity index (χ0v) is 13.0. The fraction of sp³-hybridized carbons (Fsp3) is 0.500. The van der Waals surface area contributed by atoms with Crippen LogP contribution in [0.2, 0.25) is 0 Å². The third-order valence-electron chi connectivity index (χ3n) is 2.35. The molecule has 0 aromatic heterocycles. The van der Waals surface area contributed by atoms with E-state index in [4.69, 9.17) is 0 Å². The summed E-state index contributed by atoms with van der Waals surface area (Å²) in [5.41, 5.74) is 1.38. The molecule has 0 saturated carbocycles. The number of hydrogen-bond acceptors (Lipinski definition) is 2. The molecule has 0 radical (unpaired) electrons. The summed E-state index contributed by atoms with van der Waals surface area (Å²) in [5.74, 6) is 0. The molecule has 1 aromatic rings. The Bertz CT molecular complexity index is 265. The van der Waals surface area contributed by atoms with E-state index in [9.17, 15) is 0 Å². The molecule has 0 aliphatic carbocycles. The summed E-state index contributed by atoms with van der Waals surface area (Å²) in [6.07, 6.45) is 0. The maximum absolute atomic E-state index is 2.26. The van der Waals surface area contributed by atoms with Gasteiger partial charge in [-0.05, 0) is 33.8 Å². The van der Waals surface area contributed by atoms with Crippen LogP contribution < -0.4 is 0 Å². The average Bonchev–Trinajstić information content (AvgIpc) is 2.15. The zero-order chi connectivity index (χ0) is 10.6. The van der Waals surface area contributed by atoms with Gasteiger partial charge in [0.25, 0.3) is 0 Å². The van der Waals surface area contributed by atoms with Gasteiger partial charge in [-0.1, -0.05) is 30.3 Å². The van der Waals surface area contributed by atoms with Crippen LogP contribution in [0.5, 0.6) is 0 Å². The number of likely N-dealkylation sites (N-methyl/N-ethyl adjacent to an activating group) is 2. The summed E-state index contributed by atoms with van der Waals surface area (Å²) < 4.78 is 0. The molecule has 0 spiro atoms. The van der Waals surface area contributed by atoms with Crippen molar-refractivity contribution in [2.45, 2.75) is 6.04 Å². The number of halogens is 1. The summed E-state index contributed by atoms with van der Waals surface area (Å²) >= 11 is 0. The van der Waals surface area contributed by atoms with Gasteiger partial charge in [-0.15, -0.1) is 17.0 Å². The van der Waals surface area contributed by atoms with E-state index in [2.05, 4.69) is 68.3 Å². The first-order valence-corrected chi connectivity index (χ1v) is 4.97. The fourth-order valence-electron chi connectivity index (χ4n) is 1.59. The van der Waals surface area contributed by atoms with Crippen LogP contribution in [0.25, 0.3) is 0 Å². The van der Waals surface area contributed by atoms with Gasteiger partial charge in [0.15, 0.2) is 0 Å². The molecule has 16 heavy (non-hydrogen) atoms. The van der Waals surface area contributed by atoms with Crippen molar-refractivity contribution in [2.24, 2.45) is 0 Å². The molecule has 1 atom stereocenters. The van der Waals surface area contributed by atoms with Crippen molar-refractivity contribution in [3.8, 4) is 0 Å². The van der Waals surface area contributed by atoms with E-state index in [1.54, 1.807) is 0 Å². The van der Waals surface area contributed by atoms with Gasteiger partial charge < -0.3 is 9.80 Å². The predicted molar refractivity (Wildman–Crippen MR) is 71.7 cm³/mol. The summed E-state index contributed by atoms with van der Waals surface area (Å²) in [5, 5.41) is 0. The molecule has 1 unspecified atom stereocenters. The van der Waals surface area contributed by atoms with Crippen LogP contribution in [0.1, 0.15) is 11.6 Å². The van der Waals surface area contributed by atoms with Gasteiger partial charge in [0.1, 0.15) is 0 Å². The van der Waals surface area contributed by atoms with Gasteiger partial charge >= 0.3 is 0 Å². The summed E-state index contributed by atoms with van der Waals surface area (Å²) in [6.45, 7) is 1.05. The SMILES string of the molecule is Br.CN(C)CC(c1ccccc1)N(C)C.[Ni]. The number of benzene rings is 1. The van der Waals surface area contributed by atoms with Gasteiger partial charge in [-0.3, -0.25) is 0 Å². The van der Waals surface area contributed by atoms with Crippen LogP contribution in [0.3, 0.4) is 0 Å². The molecule has 0 fully saturated rings. The van der Waals surface area contributed by atoms with Crippen LogP contribution in [0.15, 0.2) is 30.3 Å². The van der Waals surface area contributed by atoms with E-state index in [-0.39, 0.29) is 33.5 Å². The van der Waals surface area contributed by atoms with Crippen LogP contribution >= 0.6 is 17.0 Å². The van der Waals surface area contributed by atoms with Crippen molar-refractivity contribution in [3.63, 3.8) is 0 Å². The molecule has 4 heteroatoms. The normalized spacial score (nSPS) is 11.9. The second-order valence-corrected chi connectivity index (χ2v) is 4.15. The first-order valence-electron chi connectivity index (χ1n) is 4.97. The predicted octanol–water partition coefficient (Wildman–Crippen LogP) is 2.43. The van der Waals surface area contributed by atoms with Crippen molar-refractivity contribution in [1.29, 1.82) is 0 Å². The Kier molecular flexibility index (Phi) is 10.6. The molecule has 0 N–H and O–H groups in total. The quantitative estimate of drug-likeness (QED) is 0.782. The smallest absolute Gasteiger partial charge is 0.0469 e. The Labute approximate surface area is 120 Å². The molecule has 0 bridgehead atoms. The van der Waals surface area contributed by atoms with Crippen LogP contribution in [-0.2, 0) is 16.5 Å². The minimum absolute atomic E-state index is 0. The van der Waals surface area contributed by atoms with Gasteiger partial charge in [-0.2, -0.15) is 0 Å². The summed E-state index contributed by atoms with van der Waals surface area (Å²) in [7, 11) is 8.47. The van der Waals surface area contributed by atoms with Crippen molar-refractivity contribution >= 4 is 17.0 Å². The summed E-state index contributed by atoms with van der Waals surface area (Å²) in [4.78, 5) is 4.48. The topological polar surface area (TPSA) is 6.48 Å². The average molecular weight is 332 g/mol. The maximum Gasteiger partial charge on any atom is 0.0469 e. The second-order valence-electron chi connectivity index (χ2n) is 4.15. The molecule has 0 aliphatic heterocycles. The third-order valence-corrected chi connectivity index (χ3v) is 2.35. The first-order chi connectivity index (χ1) is 6.61. The number of hydrogen-bond donors (Lipinski definition) is 0. The number of nitrogens with zero attached hydrogens (tertiary/aromatic N) is 2. The van der Waals surface area contributed by atoms with Crippen molar-refractivity contribution in [2.75, 3.05) is 34.7 Å². The molecule has 0 aliphatic rings. The largest absolute Gasteiger partial charge is 0.308 e. The Hall–Kier alpha value is 0.114. The molecule has 0 heterocycles. The van der Waals surface area contributed by atoms with E-state index < -0.39 is 0 Å². The Balaban J connectivity index is 0. The Morgan fingerprint density at radius 3 is 1.88 bits per heavy atom. The molecular weight excluding hydrogens is 311 g/mol. The Morgan fingerprint density at radius 2 is 1.50 bits per heavy atom. The van der Waals surface area contributed by atoms with Gasteiger partial charge in [-0.25, -0.2) is 0 Å². The van der Waals surface area contributed by atoms with E-state index in [1.807, 2.05) is 0 Å². The van der Waals surface area contributed by atoms with Gasteiger partial charge in [0.2, 0.25) is 0 Å². The summed E-state index contributed by atoms with van der Waals surface area (Å²) in [6, 6.07) is 11.1. The minimum Gasteiger partial charge on any atom is -0.308 e. The monoisotopic (exact) mass is 330 g/mol. The molecule has 0 saturated heterocycles. The standard InChI is InChI=1S/C12H20N2.BrH.Ni/c1-13(2)10-12(14(3)4)11-8-6-5-7-9-11;;/h5-9,12H,10H2,1-4H3;1H;. The van der Waals surface area contributed by atoms with Crippen molar-refractivity contribution < 1.29 is 16.5 Å². The van der Waals surface area contributed by atoms with Crippen molar-refractivity contribution in [3.05, 3.63) is 35.9 Å². The first kappa shape index (κ1) is 18.5. The molecule has 1 aromatic carbocycles. The Morgan fingerprint density at radius 1 is 1.00 bits per heavy atom. The van der Waals surface area contributed by atoms with E-state index >= 15 is 0 Å². The van der Waals surface area contributed by atoms with Crippen LogP contribution in [0, 0.1) is 0 Å². The van der Waals surface area contributed by atoms with E-state index in [0.717, 1.165) is 6.54 Å². The molecule has 0 amide bonds. The van der Waals surface area contributed by atoms with Crippen molar-refractivity contribution in [1.82, 2.24) is 9.80 Å². The third kappa shape index (κ3) is 6.00. The van der Waals surface area contributed by atoms with E-state index in [1.165, 1.54) is 5.56 Å². The maximum atomic E-state index is 2.26. The van der Waals surface area contributed by atoms with Crippen LogP contribution in [0.4, 0.5) is 0 Å². The van der Waals surface area contributed by atoms with Crippen LogP contribution in [-0.4, -0.2) is 44.5 Å². The molecule has 1 rings (SSSR count). The number of rotatable bonds is 4. The zero-order valence-electron chi connectivity index (χ0n) is 10.3.